The van der Waals surface area contributed by atoms with Crippen LogP contribution in [0.2, 0.25) is 0 Å². The van der Waals surface area contributed by atoms with Crippen molar-refractivity contribution in [2.75, 3.05) is 16.3 Å². The second kappa shape index (κ2) is 5.83. The van der Waals surface area contributed by atoms with Crippen molar-refractivity contribution >= 4 is 27.4 Å². The lowest BCUT2D eigenvalue weighted by Crippen LogP contribution is -2.49. The standard InChI is InChI=1S/C17H18N2O4S/c1-3-4-12-5-7-13(8-6-12)19-17(21)18(2)15-11-14(20)9-10-16(15)24(19,22)23/h5-11,20H,3-4H2,1-2H3. The topological polar surface area (TPSA) is 77.9 Å². The molecular weight excluding hydrogens is 328 g/mol. The second-order valence-corrected chi connectivity index (χ2v) is 7.43. The van der Waals surface area contributed by atoms with Crippen molar-refractivity contribution in [3.05, 3.63) is 48.0 Å². The van der Waals surface area contributed by atoms with Crippen LogP contribution in [-0.4, -0.2) is 26.6 Å². The molecule has 7 heteroatoms. The lowest BCUT2D eigenvalue weighted by Gasteiger charge is -2.34. The van der Waals surface area contributed by atoms with Gasteiger partial charge in [0.25, 0.3) is 10.0 Å². The number of nitrogens with zero attached hydrogens (tertiary/aromatic N) is 2. The van der Waals surface area contributed by atoms with E-state index in [1.54, 1.807) is 12.1 Å². The fourth-order valence-corrected chi connectivity index (χ4v) is 4.39. The van der Waals surface area contributed by atoms with Crippen molar-refractivity contribution in [1.82, 2.24) is 0 Å². The zero-order valence-corrected chi connectivity index (χ0v) is 14.2. The normalized spacial score (nSPS) is 16.2. The van der Waals surface area contributed by atoms with E-state index in [-0.39, 0.29) is 16.3 Å². The average Bonchev–Trinajstić information content (AvgIpc) is 2.54. The summed E-state index contributed by atoms with van der Waals surface area (Å²) in [6, 6.07) is 10.1. The summed E-state index contributed by atoms with van der Waals surface area (Å²) in [4.78, 5) is 13.8. The number of sulfonamides is 1. The fourth-order valence-electron chi connectivity index (χ4n) is 2.76. The predicted octanol–water partition coefficient (Wildman–Crippen LogP) is 3.11. The van der Waals surface area contributed by atoms with Gasteiger partial charge in [-0.15, -0.1) is 0 Å². The molecule has 24 heavy (non-hydrogen) atoms. The number of amides is 2. The molecule has 2 aromatic carbocycles. The molecular formula is C17H18N2O4S. The molecule has 6 nitrogen and oxygen atoms in total. The molecule has 0 saturated carbocycles. The second-order valence-electron chi connectivity index (χ2n) is 5.68. The minimum atomic E-state index is -4.03. The zero-order chi connectivity index (χ0) is 17.5. The number of carbonyl (C=O) groups is 1. The van der Waals surface area contributed by atoms with Gasteiger partial charge >= 0.3 is 6.03 Å². The number of aromatic hydroxyl groups is 1. The Morgan fingerprint density at radius 2 is 1.75 bits per heavy atom. The molecule has 1 aliphatic heterocycles. The first-order chi connectivity index (χ1) is 11.4. The molecule has 0 saturated heterocycles. The van der Waals surface area contributed by atoms with E-state index >= 15 is 0 Å². The number of aryl methyl sites for hydroxylation is 1. The molecule has 0 spiro atoms. The summed E-state index contributed by atoms with van der Waals surface area (Å²) < 4.78 is 26.6. The Morgan fingerprint density at radius 1 is 1.08 bits per heavy atom. The molecule has 1 heterocycles. The van der Waals surface area contributed by atoms with Crippen LogP contribution in [0.3, 0.4) is 0 Å². The van der Waals surface area contributed by atoms with E-state index in [2.05, 4.69) is 6.92 Å². The summed E-state index contributed by atoms with van der Waals surface area (Å²) in [5, 5.41) is 9.58. The number of urea groups is 1. The Hall–Kier alpha value is -2.54. The van der Waals surface area contributed by atoms with Gasteiger partial charge in [0.2, 0.25) is 0 Å². The van der Waals surface area contributed by atoms with E-state index < -0.39 is 16.1 Å². The Balaban J connectivity index is 2.12. The molecule has 0 aliphatic carbocycles. The van der Waals surface area contributed by atoms with Gasteiger partial charge < -0.3 is 5.11 Å². The van der Waals surface area contributed by atoms with E-state index in [0.29, 0.717) is 5.69 Å². The number of hydrogen-bond acceptors (Lipinski definition) is 4. The Kier molecular flexibility index (Phi) is 3.96. The van der Waals surface area contributed by atoms with Crippen LogP contribution in [0.5, 0.6) is 5.75 Å². The van der Waals surface area contributed by atoms with E-state index in [4.69, 9.17) is 0 Å². The van der Waals surface area contributed by atoms with E-state index in [1.165, 1.54) is 30.1 Å². The molecule has 0 fully saturated rings. The van der Waals surface area contributed by atoms with Gasteiger partial charge in [-0.3, -0.25) is 4.90 Å². The van der Waals surface area contributed by atoms with Crippen molar-refractivity contribution < 1.29 is 18.3 Å². The molecule has 0 radical (unpaired) electrons. The first kappa shape index (κ1) is 16.3. The van der Waals surface area contributed by atoms with Gasteiger partial charge in [0.05, 0.1) is 11.4 Å². The molecule has 2 aromatic rings. The highest BCUT2D eigenvalue weighted by molar-refractivity contribution is 7.94. The predicted molar refractivity (Wildman–Crippen MR) is 92.0 cm³/mol. The van der Waals surface area contributed by atoms with Crippen molar-refractivity contribution in [2.45, 2.75) is 24.7 Å². The summed E-state index contributed by atoms with van der Waals surface area (Å²) >= 11 is 0. The summed E-state index contributed by atoms with van der Waals surface area (Å²) in [5.41, 5.74) is 1.55. The third-order valence-electron chi connectivity index (χ3n) is 3.99. The van der Waals surface area contributed by atoms with E-state index in [0.717, 1.165) is 22.7 Å². The van der Waals surface area contributed by atoms with Gasteiger partial charge in [-0.1, -0.05) is 25.5 Å². The van der Waals surface area contributed by atoms with E-state index in [9.17, 15) is 18.3 Å². The third-order valence-corrected chi connectivity index (χ3v) is 5.74. The molecule has 1 N–H and O–H groups in total. The van der Waals surface area contributed by atoms with Crippen LogP contribution in [0, 0.1) is 0 Å². The molecule has 0 bridgehead atoms. The van der Waals surface area contributed by atoms with Crippen LogP contribution in [0.4, 0.5) is 16.2 Å². The minimum Gasteiger partial charge on any atom is -0.508 e. The lowest BCUT2D eigenvalue weighted by molar-refractivity contribution is 0.255. The average molecular weight is 346 g/mol. The molecule has 0 unspecified atom stereocenters. The maximum absolute atomic E-state index is 12.9. The van der Waals surface area contributed by atoms with Crippen LogP contribution in [-0.2, 0) is 16.4 Å². The van der Waals surface area contributed by atoms with Gasteiger partial charge in [0.1, 0.15) is 10.6 Å². The van der Waals surface area contributed by atoms with Gasteiger partial charge in [-0.25, -0.2) is 13.2 Å². The number of carbonyl (C=O) groups excluding carboxylic acids is 1. The Morgan fingerprint density at radius 3 is 2.38 bits per heavy atom. The van der Waals surface area contributed by atoms with Gasteiger partial charge in [-0.2, -0.15) is 4.31 Å². The Bertz CT molecular complexity index is 891. The van der Waals surface area contributed by atoms with Gasteiger partial charge in [0.15, 0.2) is 0 Å². The maximum Gasteiger partial charge on any atom is 0.342 e. The van der Waals surface area contributed by atoms with Gasteiger partial charge in [0, 0.05) is 13.1 Å². The molecule has 3 rings (SSSR count). The van der Waals surface area contributed by atoms with Crippen molar-refractivity contribution in [3.8, 4) is 5.75 Å². The van der Waals surface area contributed by atoms with Crippen LogP contribution in [0.15, 0.2) is 47.4 Å². The first-order valence-electron chi connectivity index (χ1n) is 7.61. The molecule has 126 valence electrons. The van der Waals surface area contributed by atoms with Crippen LogP contribution >= 0.6 is 0 Å². The largest absolute Gasteiger partial charge is 0.508 e. The molecule has 0 aromatic heterocycles. The summed E-state index contributed by atoms with van der Waals surface area (Å²) in [5.74, 6) is -0.0963. The van der Waals surface area contributed by atoms with Crippen LogP contribution in [0.1, 0.15) is 18.9 Å². The zero-order valence-electron chi connectivity index (χ0n) is 13.4. The summed E-state index contributed by atoms with van der Waals surface area (Å²) in [6.07, 6.45) is 1.88. The molecule has 2 amide bonds. The highest BCUT2D eigenvalue weighted by Gasteiger charge is 2.41. The minimum absolute atomic E-state index is 0.0139. The summed E-state index contributed by atoms with van der Waals surface area (Å²) in [6.45, 7) is 2.06. The Labute approximate surface area is 141 Å². The monoisotopic (exact) mass is 346 g/mol. The SMILES string of the molecule is CCCc1ccc(N2C(=O)N(C)c3cc(O)ccc3S2(=O)=O)cc1. The summed E-state index contributed by atoms with van der Waals surface area (Å²) in [7, 11) is -2.55. The number of hydrogen-bond donors (Lipinski definition) is 1. The highest BCUT2D eigenvalue weighted by atomic mass is 32.2. The van der Waals surface area contributed by atoms with Crippen LogP contribution in [0.25, 0.3) is 0 Å². The number of benzene rings is 2. The number of rotatable bonds is 3. The van der Waals surface area contributed by atoms with Crippen molar-refractivity contribution in [3.63, 3.8) is 0 Å². The van der Waals surface area contributed by atoms with Crippen LogP contribution < -0.4 is 9.21 Å². The number of anilines is 2. The molecule has 0 atom stereocenters. The van der Waals surface area contributed by atoms with Crippen molar-refractivity contribution in [2.24, 2.45) is 0 Å². The van der Waals surface area contributed by atoms with E-state index in [1.807, 2.05) is 12.1 Å². The maximum atomic E-state index is 12.9. The molecule has 1 aliphatic rings. The lowest BCUT2D eigenvalue weighted by atomic mass is 10.1. The quantitative estimate of drug-likeness (QED) is 0.926. The number of phenolic OH excluding ortho intramolecular Hbond substituents is 1. The first-order valence-corrected chi connectivity index (χ1v) is 9.05. The smallest absolute Gasteiger partial charge is 0.342 e. The van der Waals surface area contributed by atoms with Crippen molar-refractivity contribution in [1.29, 1.82) is 0 Å². The number of fused-ring (bicyclic) bond motifs is 1. The number of phenols is 1. The fraction of sp³-hybridized carbons (Fsp3) is 0.235. The van der Waals surface area contributed by atoms with Gasteiger partial charge in [-0.05, 0) is 36.2 Å². The highest BCUT2D eigenvalue weighted by Crippen LogP contribution is 2.38. The third kappa shape index (κ3) is 2.50.